The lowest BCUT2D eigenvalue weighted by Gasteiger charge is -2.08. The maximum Gasteiger partial charge on any atom is 0.0803 e. The largest absolute Gasteiger partial charge is 0.388 e. The first-order valence-electron chi connectivity index (χ1n) is 4.49. The van der Waals surface area contributed by atoms with Crippen molar-refractivity contribution in [2.75, 3.05) is 0 Å². The van der Waals surface area contributed by atoms with Gasteiger partial charge in [0.15, 0.2) is 0 Å². The molecule has 1 N–H and O–H groups in total. The number of aliphatic hydroxyl groups is 1. The highest BCUT2D eigenvalue weighted by Crippen LogP contribution is 2.38. The van der Waals surface area contributed by atoms with Crippen LogP contribution in [-0.4, -0.2) is 5.11 Å². The van der Waals surface area contributed by atoms with Crippen molar-refractivity contribution >= 4 is 11.3 Å². The molecule has 2 rings (SSSR count). The molecule has 0 radical (unpaired) electrons. The van der Waals surface area contributed by atoms with Crippen LogP contribution in [-0.2, 0) is 0 Å². The molecular formula is C10H14OS. The van der Waals surface area contributed by atoms with Crippen LogP contribution in [0.25, 0.3) is 0 Å². The highest BCUT2D eigenvalue weighted by atomic mass is 32.1. The molecule has 66 valence electrons. The first-order chi connectivity index (χ1) is 5.77. The third-order valence-electron chi connectivity index (χ3n) is 2.51. The summed E-state index contributed by atoms with van der Waals surface area (Å²) in [6, 6.07) is 2.05. The zero-order chi connectivity index (χ0) is 8.55. The van der Waals surface area contributed by atoms with E-state index in [4.69, 9.17) is 0 Å². The Balaban J connectivity index is 2.02. The van der Waals surface area contributed by atoms with Crippen molar-refractivity contribution in [2.45, 2.75) is 32.3 Å². The minimum absolute atomic E-state index is 0.205. The van der Waals surface area contributed by atoms with Crippen molar-refractivity contribution in [1.29, 1.82) is 0 Å². The van der Waals surface area contributed by atoms with Gasteiger partial charge >= 0.3 is 0 Å². The van der Waals surface area contributed by atoms with Gasteiger partial charge in [-0.25, -0.2) is 0 Å². The molecule has 12 heavy (non-hydrogen) atoms. The fourth-order valence-electron chi connectivity index (χ4n) is 1.54. The molecule has 1 aromatic rings. The number of aliphatic hydroxyl groups excluding tert-OH is 1. The number of aryl methyl sites for hydroxylation is 1. The van der Waals surface area contributed by atoms with Crippen LogP contribution in [0.3, 0.4) is 0 Å². The van der Waals surface area contributed by atoms with Gasteiger partial charge in [0.05, 0.1) is 6.10 Å². The highest BCUT2D eigenvalue weighted by molar-refractivity contribution is 7.10. The molecule has 1 saturated carbocycles. The summed E-state index contributed by atoms with van der Waals surface area (Å²) in [4.78, 5) is 1.27. The normalized spacial score (nSPS) is 19.5. The zero-order valence-corrected chi connectivity index (χ0v) is 8.10. The Kier molecular flexibility index (Phi) is 2.20. The van der Waals surface area contributed by atoms with Crippen molar-refractivity contribution in [3.8, 4) is 0 Å². The zero-order valence-electron chi connectivity index (χ0n) is 7.29. The molecular weight excluding hydrogens is 168 g/mol. The molecule has 1 fully saturated rings. The second-order valence-corrected chi connectivity index (χ2v) is 4.75. The smallest absolute Gasteiger partial charge is 0.0803 e. The summed E-state index contributed by atoms with van der Waals surface area (Å²) in [5.74, 6) is 0.805. The lowest BCUT2D eigenvalue weighted by Crippen LogP contribution is -1.97. The first-order valence-corrected chi connectivity index (χ1v) is 5.37. The summed E-state index contributed by atoms with van der Waals surface area (Å²) >= 11 is 1.72. The Hall–Kier alpha value is -0.340. The Morgan fingerprint density at radius 3 is 2.92 bits per heavy atom. The van der Waals surface area contributed by atoms with Gasteiger partial charge in [-0.15, -0.1) is 11.3 Å². The molecule has 1 aromatic heterocycles. The quantitative estimate of drug-likeness (QED) is 0.762. The maximum absolute atomic E-state index is 9.81. The van der Waals surface area contributed by atoms with E-state index in [9.17, 15) is 5.11 Å². The van der Waals surface area contributed by atoms with Crippen molar-refractivity contribution in [2.24, 2.45) is 5.92 Å². The van der Waals surface area contributed by atoms with Gasteiger partial charge in [-0.3, -0.25) is 0 Å². The standard InChI is InChI=1S/C10H14OS/c1-7-9(4-5-12-7)10(11)6-8-2-3-8/h4-5,8,10-11H,2-3,6H2,1H3. The molecule has 1 aliphatic rings. The molecule has 1 atom stereocenters. The van der Waals surface area contributed by atoms with Crippen LogP contribution in [0.1, 0.15) is 35.8 Å². The van der Waals surface area contributed by atoms with E-state index >= 15 is 0 Å². The summed E-state index contributed by atoms with van der Waals surface area (Å²) in [6.07, 6.45) is 3.40. The van der Waals surface area contributed by atoms with E-state index in [0.29, 0.717) is 0 Å². The van der Waals surface area contributed by atoms with Gasteiger partial charge in [0.1, 0.15) is 0 Å². The van der Waals surface area contributed by atoms with Gasteiger partial charge in [-0.1, -0.05) is 12.8 Å². The second-order valence-electron chi connectivity index (χ2n) is 3.63. The fourth-order valence-corrected chi connectivity index (χ4v) is 2.30. The number of thiophene rings is 1. The molecule has 0 saturated heterocycles. The van der Waals surface area contributed by atoms with Crippen molar-refractivity contribution in [3.63, 3.8) is 0 Å². The molecule has 0 aliphatic heterocycles. The van der Waals surface area contributed by atoms with E-state index < -0.39 is 0 Å². The topological polar surface area (TPSA) is 20.2 Å². The average molecular weight is 182 g/mol. The minimum Gasteiger partial charge on any atom is -0.388 e. The number of rotatable bonds is 3. The van der Waals surface area contributed by atoms with Gasteiger partial charge in [0.2, 0.25) is 0 Å². The Labute approximate surface area is 77.0 Å². The van der Waals surface area contributed by atoms with E-state index in [2.05, 4.69) is 12.3 Å². The summed E-state index contributed by atoms with van der Waals surface area (Å²) < 4.78 is 0. The molecule has 0 bridgehead atoms. The van der Waals surface area contributed by atoms with Crippen LogP contribution in [0, 0.1) is 12.8 Å². The van der Waals surface area contributed by atoms with E-state index in [1.165, 1.54) is 17.7 Å². The van der Waals surface area contributed by atoms with E-state index in [0.717, 1.165) is 17.9 Å². The molecule has 0 amide bonds. The fraction of sp³-hybridized carbons (Fsp3) is 0.600. The van der Waals surface area contributed by atoms with Crippen molar-refractivity contribution in [1.82, 2.24) is 0 Å². The molecule has 2 heteroatoms. The van der Waals surface area contributed by atoms with Gasteiger partial charge in [-0.2, -0.15) is 0 Å². The molecule has 1 aliphatic carbocycles. The highest BCUT2D eigenvalue weighted by Gasteiger charge is 2.25. The molecule has 0 spiro atoms. The van der Waals surface area contributed by atoms with E-state index in [-0.39, 0.29) is 6.10 Å². The predicted molar refractivity (Wildman–Crippen MR) is 51.4 cm³/mol. The lowest BCUT2D eigenvalue weighted by atomic mass is 10.1. The number of hydrogen-bond acceptors (Lipinski definition) is 2. The lowest BCUT2D eigenvalue weighted by molar-refractivity contribution is 0.160. The van der Waals surface area contributed by atoms with E-state index in [1.807, 2.05) is 6.07 Å². The van der Waals surface area contributed by atoms with Crippen LogP contribution in [0.5, 0.6) is 0 Å². The van der Waals surface area contributed by atoms with Gasteiger partial charge in [0.25, 0.3) is 0 Å². The Morgan fingerprint density at radius 2 is 2.42 bits per heavy atom. The van der Waals surface area contributed by atoms with Crippen LogP contribution in [0.4, 0.5) is 0 Å². The van der Waals surface area contributed by atoms with Crippen LogP contribution < -0.4 is 0 Å². The van der Waals surface area contributed by atoms with Crippen LogP contribution in [0.15, 0.2) is 11.4 Å². The molecule has 1 unspecified atom stereocenters. The molecule has 1 nitrogen and oxygen atoms in total. The van der Waals surface area contributed by atoms with Crippen LogP contribution in [0.2, 0.25) is 0 Å². The van der Waals surface area contributed by atoms with Gasteiger partial charge in [-0.05, 0) is 36.3 Å². The van der Waals surface area contributed by atoms with Gasteiger partial charge < -0.3 is 5.11 Å². The Morgan fingerprint density at radius 1 is 1.67 bits per heavy atom. The number of hydrogen-bond donors (Lipinski definition) is 1. The SMILES string of the molecule is Cc1sccc1C(O)CC1CC1. The first kappa shape index (κ1) is 8.27. The Bertz CT molecular complexity index is 263. The van der Waals surface area contributed by atoms with Crippen molar-refractivity contribution < 1.29 is 5.11 Å². The molecule has 1 heterocycles. The summed E-state index contributed by atoms with van der Waals surface area (Å²) in [6.45, 7) is 2.08. The second kappa shape index (κ2) is 3.19. The van der Waals surface area contributed by atoms with Crippen LogP contribution >= 0.6 is 11.3 Å². The third-order valence-corrected chi connectivity index (χ3v) is 3.37. The average Bonchev–Trinajstić information content (AvgIpc) is 2.72. The summed E-state index contributed by atoms with van der Waals surface area (Å²) in [5.41, 5.74) is 1.15. The monoisotopic (exact) mass is 182 g/mol. The minimum atomic E-state index is -0.205. The summed E-state index contributed by atoms with van der Waals surface area (Å²) in [5, 5.41) is 11.9. The maximum atomic E-state index is 9.81. The predicted octanol–water partition coefficient (Wildman–Crippen LogP) is 2.89. The molecule has 0 aromatic carbocycles. The van der Waals surface area contributed by atoms with E-state index in [1.54, 1.807) is 11.3 Å². The summed E-state index contributed by atoms with van der Waals surface area (Å²) in [7, 11) is 0. The third kappa shape index (κ3) is 1.70. The van der Waals surface area contributed by atoms with Crippen molar-refractivity contribution in [3.05, 3.63) is 21.9 Å². The van der Waals surface area contributed by atoms with Gasteiger partial charge in [0, 0.05) is 4.88 Å².